The molecule has 3 aromatic carbocycles. The zero-order chi connectivity index (χ0) is 19.8. The number of halogens is 1. The van der Waals surface area contributed by atoms with E-state index in [2.05, 4.69) is 0 Å². The molecule has 0 radical (unpaired) electrons. The molecule has 0 spiro atoms. The summed E-state index contributed by atoms with van der Waals surface area (Å²) in [6.45, 7) is 0. The predicted octanol–water partition coefficient (Wildman–Crippen LogP) is 5.08. The number of methoxy groups -OCH3 is 3. The van der Waals surface area contributed by atoms with Crippen LogP contribution in [0.5, 0.6) is 23.0 Å². The van der Waals surface area contributed by atoms with Crippen molar-refractivity contribution >= 4 is 22.4 Å². The van der Waals surface area contributed by atoms with E-state index >= 15 is 0 Å². The minimum atomic E-state index is -0.645. The number of fused-ring (bicyclic) bond motifs is 3. The Labute approximate surface area is 168 Å². The van der Waals surface area contributed by atoms with Gasteiger partial charge in [0.05, 0.1) is 27.4 Å². The maximum atomic E-state index is 10.8. The molecule has 0 aliphatic carbocycles. The van der Waals surface area contributed by atoms with Gasteiger partial charge in [-0.3, -0.25) is 0 Å². The Bertz CT molecular complexity index is 1010. The summed E-state index contributed by atoms with van der Waals surface area (Å²) in [5.74, 6) is 2.29. The normalized spacial score (nSPS) is 18.3. The van der Waals surface area contributed by atoms with Gasteiger partial charge in [0, 0.05) is 28.0 Å². The highest BCUT2D eigenvalue weighted by Gasteiger charge is 2.31. The van der Waals surface area contributed by atoms with Crippen LogP contribution >= 0.6 is 11.6 Å². The van der Waals surface area contributed by atoms with Crippen molar-refractivity contribution in [2.75, 3.05) is 21.3 Å². The summed E-state index contributed by atoms with van der Waals surface area (Å²) < 4.78 is 22.7. The molecular formula is C22H21ClO5. The summed E-state index contributed by atoms with van der Waals surface area (Å²) in [6.07, 6.45) is -0.588. The lowest BCUT2D eigenvalue weighted by atomic mass is 9.92. The molecule has 0 aromatic heterocycles. The third-order valence-electron chi connectivity index (χ3n) is 5.08. The van der Waals surface area contributed by atoms with Crippen molar-refractivity contribution in [3.8, 4) is 23.0 Å². The lowest BCUT2D eigenvalue weighted by Crippen LogP contribution is -2.19. The molecule has 1 N–H and O–H groups in total. The number of hydrogen-bond donors (Lipinski definition) is 1. The van der Waals surface area contributed by atoms with Gasteiger partial charge in [0.1, 0.15) is 11.9 Å². The summed E-state index contributed by atoms with van der Waals surface area (Å²) >= 11 is 6.12. The van der Waals surface area contributed by atoms with Gasteiger partial charge in [-0.1, -0.05) is 23.7 Å². The molecule has 0 saturated carbocycles. The van der Waals surface area contributed by atoms with Gasteiger partial charge in [0.25, 0.3) is 0 Å². The molecule has 0 saturated heterocycles. The lowest BCUT2D eigenvalue weighted by Gasteiger charge is -2.31. The molecule has 1 unspecified atom stereocenters. The monoisotopic (exact) mass is 400 g/mol. The zero-order valence-corrected chi connectivity index (χ0v) is 16.6. The highest BCUT2D eigenvalue weighted by atomic mass is 35.5. The number of benzene rings is 3. The van der Waals surface area contributed by atoms with Gasteiger partial charge in [0.2, 0.25) is 5.75 Å². The fraction of sp³-hybridized carbons (Fsp3) is 0.273. The molecule has 6 heteroatoms. The fourth-order valence-corrected chi connectivity index (χ4v) is 3.87. The van der Waals surface area contributed by atoms with Crippen LogP contribution in [-0.4, -0.2) is 26.4 Å². The lowest BCUT2D eigenvalue weighted by molar-refractivity contribution is 0.0669. The molecule has 146 valence electrons. The van der Waals surface area contributed by atoms with Crippen molar-refractivity contribution < 1.29 is 24.1 Å². The number of aliphatic hydroxyl groups is 1. The standard InChI is InChI=1S/C22H21ClO5/c1-25-19-9-13(10-20(26-2)22(19)27-3)18-11-17(24)16-6-4-12-8-14(23)5-7-15(12)21(16)28-18/h4-10,17-18,24H,11H2,1-3H3/t17?,18-/m0/s1. The SMILES string of the molecule is COc1cc([C@@H]2CC(O)c3ccc4cc(Cl)ccc4c3O2)cc(OC)c1OC. The molecule has 28 heavy (non-hydrogen) atoms. The van der Waals surface area contributed by atoms with Crippen LogP contribution < -0.4 is 18.9 Å². The molecule has 1 aliphatic rings. The molecule has 4 rings (SSSR count). The quantitative estimate of drug-likeness (QED) is 0.662. The molecule has 1 aliphatic heterocycles. The summed E-state index contributed by atoms with van der Waals surface area (Å²) in [4.78, 5) is 0. The Hall–Kier alpha value is -2.63. The van der Waals surface area contributed by atoms with Crippen molar-refractivity contribution in [3.63, 3.8) is 0 Å². The van der Waals surface area contributed by atoms with E-state index in [4.69, 9.17) is 30.5 Å². The first-order valence-electron chi connectivity index (χ1n) is 8.92. The van der Waals surface area contributed by atoms with E-state index < -0.39 is 6.10 Å². The summed E-state index contributed by atoms with van der Waals surface area (Å²) in [6, 6.07) is 13.2. The Morgan fingerprint density at radius 3 is 2.32 bits per heavy atom. The molecule has 5 nitrogen and oxygen atoms in total. The highest BCUT2D eigenvalue weighted by Crippen LogP contribution is 2.47. The first-order chi connectivity index (χ1) is 13.5. The van der Waals surface area contributed by atoms with Crippen molar-refractivity contribution in [1.29, 1.82) is 0 Å². The van der Waals surface area contributed by atoms with Crippen LogP contribution in [0.4, 0.5) is 0 Å². The van der Waals surface area contributed by atoms with Crippen LogP contribution in [0.25, 0.3) is 10.8 Å². The van der Waals surface area contributed by atoms with Gasteiger partial charge in [-0.2, -0.15) is 0 Å². The summed E-state index contributed by atoms with van der Waals surface area (Å²) in [7, 11) is 4.71. The fourth-order valence-electron chi connectivity index (χ4n) is 3.69. The summed E-state index contributed by atoms with van der Waals surface area (Å²) in [5, 5.41) is 13.3. The predicted molar refractivity (Wildman–Crippen MR) is 108 cm³/mol. The van der Waals surface area contributed by atoms with Crippen LogP contribution in [0, 0.1) is 0 Å². The first-order valence-corrected chi connectivity index (χ1v) is 9.30. The smallest absolute Gasteiger partial charge is 0.203 e. The van der Waals surface area contributed by atoms with Gasteiger partial charge in [-0.05, 0) is 35.7 Å². The molecule has 0 bridgehead atoms. The minimum absolute atomic E-state index is 0.363. The number of rotatable bonds is 4. The Morgan fingerprint density at radius 2 is 1.68 bits per heavy atom. The number of aliphatic hydroxyl groups excluding tert-OH is 1. The Kier molecular flexibility index (Phi) is 4.96. The van der Waals surface area contributed by atoms with Gasteiger partial charge < -0.3 is 24.1 Å². The molecule has 3 aromatic rings. The third-order valence-corrected chi connectivity index (χ3v) is 5.31. The van der Waals surface area contributed by atoms with Gasteiger partial charge in [-0.25, -0.2) is 0 Å². The average molecular weight is 401 g/mol. The third kappa shape index (κ3) is 3.11. The van der Waals surface area contributed by atoms with E-state index in [1.54, 1.807) is 21.3 Å². The maximum Gasteiger partial charge on any atom is 0.203 e. The van der Waals surface area contributed by atoms with Crippen molar-refractivity contribution in [2.24, 2.45) is 0 Å². The molecule has 2 atom stereocenters. The Morgan fingerprint density at radius 1 is 0.964 bits per heavy atom. The van der Waals surface area contributed by atoms with E-state index in [1.807, 2.05) is 42.5 Å². The second-order valence-electron chi connectivity index (χ2n) is 6.67. The highest BCUT2D eigenvalue weighted by molar-refractivity contribution is 6.31. The second-order valence-corrected chi connectivity index (χ2v) is 7.10. The minimum Gasteiger partial charge on any atom is -0.493 e. The van der Waals surface area contributed by atoms with E-state index in [1.165, 1.54) is 0 Å². The van der Waals surface area contributed by atoms with Crippen LogP contribution in [0.1, 0.15) is 29.8 Å². The van der Waals surface area contributed by atoms with Crippen LogP contribution in [0.2, 0.25) is 5.02 Å². The molecule has 1 heterocycles. The summed E-state index contributed by atoms with van der Waals surface area (Å²) in [5.41, 5.74) is 1.61. The van der Waals surface area contributed by atoms with Gasteiger partial charge in [0.15, 0.2) is 11.5 Å². The van der Waals surface area contributed by atoms with Gasteiger partial charge >= 0.3 is 0 Å². The van der Waals surface area contributed by atoms with E-state index in [9.17, 15) is 5.11 Å². The average Bonchev–Trinajstić information content (AvgIpc) is 2.71. The maximum absolute atomic E-state index is 10.8. The second kappa shape index (κ2) is 7.41. The molecule has 0 amide bonds. The largest absolute Gasteiger partial charge is 0.493 e. The topological polar surface area (TPSA) is 57.2 Å². The van der Waals surface area contributed by atoms with Crippen LogP contribution in [0.3, 0.4) is 0 Å². The Balaban J connectivity index is 1.81. The first kappa shape index (κ1) is 18.7. The van der Waals surface area contributed by atoms with E-state index in [0.29, 0.717) is 34.4 Å². The van der Waals surface area contributed by atoms with Crippen LogP contribution in [-0.2, 0) is 0 Å². The van der Waals surface area contributed by atoms with Crippen molar-refractivity contribution in [3.05, 3.63) is 58.6 Å². The van der Waals surface area contributed by atoms with Crippen LogP contribution in [0.15, 0.2) is 42.5 Å². The number of hydrogen-bond acceptors (Lipinski definition) is 5. The molecular weight excluding hydrogens is 380 g/mol. The van der Waals surface area contributed by atoms with Crippen molar-refractivity contribution in [1.82, 2.24) is 0 Å². The van der Waals surface area contributed by atoms with E-state index in [0.717, 1.165) is 21.9 Å². The van der Waals surface area contributed by atoms with Crippen molar-refractivity contribution in [2.45, 2.75) is 18.6 Å². The van der Waals surface area contributed by atoms with Gasteiger partial charge in [-0.15, -0.1) is 0 Å². The number of ether oxygens (including phenoxy) is 4. The molecule has 0 fully saturated rings. The van der Waals surface area contributed by atoms with E-state index in [-0.39, 0.29) is 6.10 Å². The zero-order valence-electron chi connectivity index (χ0n) is 15.9.